The summed E-state index contributed by atoms with van der Waals surface area (Å²) in [6.45, 7) is 1.94. The van der Waals surface area contributed by atoms with E-state index >= 15 is 0 Å². The molecule has 1 aliphatic rings. The number of aryl methyl sites for hydroxylation is 1. The van der Waals surface area contributed by atoms with Gasteiger partial charge in [0.25, 0.3) is 0 Å². The van der Waals surface area contributed by atoms with E-state index in [0.717, 1.165) is 39.8 Å². The molecule has 0 bridgehead atoms. The number of hydrogen-bond donors (Lipinski definition) is 1. The van der Waals surface area contributed by atoms with E-state index in [0.29, 0.717) is 16.5 Å². The van der Waals surface area contributed by atoms with Crippen LogP contribution in [0.4, 0.5) is 5.00 Å². The first-order valence-corrected chi connectivity index (χ1v) is 12.4. The number of methoxy groups -OCH3 is 1. The molecule has 4 rings (SSSR count). The van der Waals surface area contributed by atoms with Gasteiger partial charge in [-0.3, -0.25) is 4.79 Å². The number of rotatable bonds is 7. The summed E-state index contributed by atoms with van der Waals surface area (Å²) < 4.78 is 7.02. The van der Waals surface area contributed by atoms with Gasteiger partial charge in [0.15, 0.2) is 5.16 Å². The fourth-order valence-electron chi connectivity index (χ4n) is 4.17. The van der Waals surface area contributed by atoms with Crippen molar-refractivity contribution in [2.75, 3.05) is 18.2 Å². The Morgan fingerprint density at radius 2 is 1.94 bits per heavy atom. The number of ether oxygens (including phenoxy) is 1. The second-order valence-corrected chi connectivity index (χ2v) is 9.98. The minimum Gasteiger partial charge on any atom is -0.465 e. The number of thiophene rings is 1. The Kier molecular flexibility index (Phi) is 6.95. The van der Waals surface area contributed by atoms with E-state index in [9.17, 15) is 9.59 Å². The van der Waals surface area contributed by atoms with Gasteiger partial charge in [-0.15, -0.1) is 21.5 Å². The molecule has 1 fully saturated rings. The van der Waals surface area contributed by atoms with Gasteiger partial charge in [-0.05, 0) is 25.3 Å². The maximum Gasteiger partial charge on any atom is 0.341 e. The number of benzene rings is 1. The maximum atomic E-state index is 12.7. The molecule has 3 aromatic rings. The van der Waals surface area contributed by atoms with Gasteiger partial charge in [0, 0.05) is 23.4 Å². The third-order valence-corrected chi connectivity index (χ3v) is 7.75. The predicted molar refractivity (Wildman–Crippen MR) is 127 cm³/mol. The van der Waals surface area contributed by atoms with Gasteiger partial charge in [-0.1, -0.05) is 54.9 Å². The molecule has 168 valence electrons. The highest BCUT2D eigenvalue weighted by atomic mass is 32.2. The number of carbonyl (C=O) groups excluding carboxylic acids is 2. The van der Waals surface area contributed by atoms with Crippen LogP contribution in [-0.2, 0) is 16.6 Å². The number of carbonyl (C=O) groups is 2. The number of esters is 1. The van der Waals surface area contributed by atoms with Crippen molar-refractivity contribution in [2.24, 2.45) is 7.05 Å². The number of nitrogens with zero attached hydrogens (tertiary/aromatic N) is 3. The van der Waals surface area contributed by atoms with Gasteiger partial charge < -0.3 is 14.6 Å². The first-order valence-electron chi connectivity index (χ1n) is 10.6. The van der Waals surface area contributed by atoms with Crippen molar-refractivity contribution in [2.45, 2.75) is 43.7 Å². The van der Waals surface area contributed by atoms with E-state index < -0.39 is 5.97 Å². The molecule has 0 spiro atoms. The van der Waals surface area contributed by atoms with Crippen molar-refractivity contribution in [3.63, 3.8) is 0 Å². The van der Waals surface area contributed by atoms with E-state index in [4.69, 9.17) is 4.74 Å². The van der Waals surface area contributed by atoms with Gasteiger partial charge in [0.2, 0.25) is 5.91 Å². The van der Waals surface area contributed by atoms with E-state index in [1.807, 2.05) is 48.9 Å². The van der Waals surface area contributed by atoms with Crippen LogP contribution in [0, 0.1) is 6.92 Å². The van der Waals surface area contributed by atoms with Crippen LogP contribution in [0.1, 0.15) is 52.7 Å². The van der Waals surface area contributed by atoms with Crippen LogP contribution in [0.5, 0.6) is 0 Å². The molecule has 1 N–H and O–H groups in total. The van der Waals surface area contributed by atoms with Crippen molar-refractivity contribution in [1.29, 1.82) is 0 Å². The molecule has 0 aliphatic heterocycles. The van der Waals surface area contributed by atoms with Crippen LogP contribution in [0.25, 0.3) is 11.1 Å². The molecule has 0 unspecified atom stereocenters. The molecule has 7 nitrogen and oxygen atoms in total. The first kappa shape index (κ1) is 22.5. The third kappa shape index (κ3) is 4.59. The first-order chi connectivity index (χ1) is 15.5. The molecule has 2 heterocycles. The van der Waals surface area contributed by atoms with Crippen LogP contribution in [0.15, 0.2) is 35.5 Å². The Morgan fingerprint density at radius 3 is 2.62 bits per heavy atom. The van der Waals surface area contributed by atoms with Crippen LogP contribution in [0.3, 0.4) is 0 Å². The fraction of sp³-hybridized carbons (Fsp3) is 0.391. The Bertz CT molecular complexity index is 1120. The minimum atomic E-state index is -0.467. The summed E-state index contributed by atoms with van der Waals surface area (Å²) in [5.41, 5.74) is 2.09. The minimum absolute atomic E-state index is 0.175. The molecule has 0 atom stereocenters. The zero-order valence-corrected chi connectivity index (χ0v) is 20.0. The van der Waals surface area contributed by atoms with Crippen LogP contribution >= 0.6 is 23.1 Å². The molecule has 0 saturated heterocycles. The summed E-state index contributed by atoms with van der Waals surface area (Å²) >= 11 is 2.73. The molecule has 1 amide bonds. The Morgan fingerprint density at radius 1 is 1.22 bits per heavy atom. The van der Waals surface area contributed by atoms with E-state index in [2.05, 4.69) is 15.5 Å². The van der Waals surface area contributed by atoms with Crippen LogP contribution in [-0.4, -0.2) is 39.5 Å². The number of hydrogen-bond acceptors (Lipinski definition) is 7. The summed E-state index contributed by atoms with van der Waals surface area (Å²) in [5, 5.41) is 12.8. The SMILES string of the molecule is COC(=O)c1c(NC(=O)CSc2nnc(C3CCCC3)n2C)sc(C)c1-c1ccccc1. The standard InChI is InChI=1S/C23H26N4O3S2/c1-14-18(15-9-5-4-6-10-15)19(22(29)30-3)21(32-14)24-17(28)13-31-23-26-25-20(27(23)2)16-11-7-8-12-16/h4-6,9-10,16H,7-8,11-13H2,1-3H3,(H,24,28). The summed E-state index contributed by atoms with van der Waals surface area (Å²) in [6.07, 6.45) is 4.76. The molecular weight excluding hydrogens is 444 g/mol. The van der Waals surface area contributed by atoms with Gasteiger partial charge in [0.05, 0.1) is 12.9 Å². The highest BCUT2D eigenvalue weighted by Crippen LogP contribution is 2.40. The number of thioether (sulfide) groups is 1. The molecule has 1 saturated carbocycles. The Hall–Kier alpha value is -2.65. The molecule has 9 heteroatoms. The highest BCUT2D eigenvalue weighted by molar-refractivity contribution is 7.99. The number of nitrogens with one attached hydrogen (secondary N) is 1. The van der Waals surface area contributed by atoms with Crippen molar-refractivity contribution >= 4 is 40.0 Å². The van der Waals surface area contributed by atoms with Gasteiger partial charge in [-0.2, -0.15) is 0 Å². The predicted octanol–water partition coefficient (Wildman–Crippen LogP) is 5.03. The number of aromatic nitrogens is 3. The lowest BCUT2D eigenvalue weighted by atomic mass is 10.0. The summed E-state index contributed by atoms with van der Waals surface area (Å²) in [5.74, 6) is 0.968. The summed E-state index contributed by atoms with van der Waals surface area (Å²) in [6, 6.07) is 9.65. The monoisotopic (exact) mass is 470 g/mol. The maximum absolute atomic E-state index is 12.7. The van der Waals surface area contributed by atoms with Crippen LogP contribution in [0.2, 0.25) is 0 Å². The lowest BCUT2D eigenvalue weighted by Crippen LogP contribution is -2.16. The van der Waals surface area contributed by atoms with Crippen molar-refractivity contribution in [3.05, 3.63) is 46.6 Å². The quantitative estimate of drug-likeness (QED) is 0.385. The molecule has 1 aliphatic carbocycles. The zero-order valence-electron chi connectivity index (χ0n) is 18.4. The zero-order chi connectivity index (χ0) is 22.7. The Labute approximate surface area is 195 Å². The van der Waals surface area contributed by atoms with Crippen LogP contribution < -0.4 is 5.32 Å². The third-order valence-electron chi connectivity index (χ3n) is 5.71. The van der Waals surface area contributed by atoms with Gasteiger partial charge in [-0.25, -0.2) is 4.79 Å². The fourth-order valence-corrected chi connectivity index (χ4v) is 5.96. The van der Waals surface area contributed by atoms with E-state index in [-0.39, 0.29) is 11.7 Å². The second kappa shape index (κ2) is 9.87. The van der Waals surface area contributed by atoms with Crippen molar-refractivity contribution in [1.82, 2.24) is 14.8 Å². The second-order valence-electron chi connectivity index (χ2n) is 7.81. The van der Waals surface area contributed by atoms with E-state index in [1.54, 1.807) is 0 Å². The van der Waals surface area contributed by atoms with Gasteiger partial charge in [0.1, 0.15) is 16.4 Å². The average Bonchev–Trinajstić information content (AvgIpc) is 3.51. The molecular formula is C23H26N4O3S2. The lowest BCUT2D eigenvalue weighted by molar-refractivity contribution is -0.113. The Balaban J connectivity index is 1.49. The smallest absolute Gasteiger partial charge is 0.341 e. The van der Waals surface area contributed by atoms with Crippen molar-refractivity contribution < 1.29 is 14.3 Å². The lowest BCUT2D eigenvalue weighted by Gasteiger charge is -2.09. The molecule has 2 aromatic heterocycles. The number of anilines is 1. The van der Waals surface area contributed by atoms with Gasteiger partial charge >= 0.3 is 5.97 Å². The average molecular weight is 471 g/mol. The highest BCUT2D eigenvalue weighted by Gasteiger charge is 2.26. The topological polar surface area (TPSA) is 86.1 Å². The molecule has 1 aromatic carbocycles. The molecule has 0 radical (unpaired) electrons. The summed E-state index contributed by atoms with van der Waals surface area (Å²) in [7, 11) is 3.31. The van der Waals surface area contributed by atoms with Crippen molar-refractivity contribution in [3.8, 4) is 11.1 Å². The summed E-state index contributed by atoms with van der Waals surface area (Å²) in [4.78, 5) is 26.3. The normalized spacial score (nSPS) is 14.0. The van der Waals surface area contributed by atoms with E-state index in [1.165, 1.54) is 43.1 Å². The molecule has 32 heavy (non-hydrogen) atoms. The number of amides is 1. The largest absolute Gasteiger partial charge is 0.465 e.